The first-order chi connectivity index (χ1) is 8.63. The Morgan fingerprint density at radius 2 is 2.39 bits per heavy atom. The van der Waals surface area contributed by atoms with Crippen molar-refractivity contribution in [1.82, 2.24) is 4.98 Å². The molecule has 1 aromatic rings. The summed E-state index contributed by atoms with van der Waals surface area (Å²) in [5.41, 5.74) is 0. The summed E-state index contributed by atoms with van der Waals surface area (Å²) in [5.74, 6) is -0.746. The van der Waals surface area contributed by atoms with Crippen molar-refractivity contribution in [2.24, 2.45) is 5.92 Å². The molecule has 0 spiro atoms. The molecule has 5 nitrogen and oxygen atoms in total. The third kappa shape index (κ3) is 2.46. The number of anilines is 1. The second-order valence-electron chi connectivity index (χ2n) is 4.05. The van der Waals surface area contributed by atoms with Crippen molar-refractivity contribution in [1.29, 1.82) is 0 Å². The number of nitrogens with zero attached hydrogens (tertiary/aromatic N) is 2. The van der Waals surface area contributed by atoms with Gasteiger partial charge in [0.25, 0.3) is 0 Å². The van der Waals surface area contributed by atoms with Gasteiger partial charge in [-0.1, -0.05) is 11.6 Å². The van der Waals surface area contributed by atoms with E-state index in [1.54, 1.807) is 18.3 Å². The minimum atomic E-state index is -0.748. The van der Waals surface area contributed by atoms with Gasteiger partial charge in [-0.2, -0.15) is 0 Å². The number of Topliss-reactive ketones (excluding diaryl/α,β-unsaturated/α-hetero) is 1. The van der Waals surface area contributed by atoms with Gasteiger partial charge in [-0.15, -0.1) is 0 Å². The number of halogens is 1. The van der Waals surface area contributed by atoms with Crippen molar-refractivity contribution >= 4 is 29.2 Å². The molecule has 0 aliphatic carbocycles. The average molecular weight is 269 g/mol. The van der Waals surface area contributed by atoms with Gasteiger partial charge in [0.1, 0.15) is 11.7 Å². The molecule has 0 N–H and O–H groups in total. The number of hydrogen-bond donors (Lipinski definition) is 0. The molecule has 1 aliphatic heterocycles. The third-order valence-corrected chi connectivity index (χ3v) is 3.24. The lowest BCUT2D eigenvalue weighted by molar-refractivity contribution is -0.149. The molecule has 0 bridgehead atoms. The van der Waals surface area contributed by atoms with E-state index >= 15 is 0 Å². The molecule has 0 radical (unpaired) electrons. The number of hydrogen-bond acceptors (Lipinski definition) is 5. The number of rotatable bonds is 2. The number of pyridine rings is 1. The van der Waals surface area contributed by atoms with E-state index in [1.807, 2.05) is 4.90 Å². The minimum absolute atomic E-state index is 0.0925. The third-order valence-electron chi connectivity index (χ3n) is 2.94. The van der Waals surface area contributed by atoms with E-state index < -0.39 is 11.9 Å². The van der Waals surface area contributed by atoms with Crippen LogP contribution in [0.2, 0.25) is 5.02 Å². The number of piperidine rings is 1. The quantitative estimate of drug-likeness (QED) is 0.598. The van der Waals surface area contributed by atoms with Crippen LogP contribution in [0.25, 0.3) is 0 Å². The van der Waals surface area contributed by atoms with Crippen molar-refractivity contribution in [2.45, 2.75) is 6.42 Å². The Labute approximate surface area is 110 Å². The van der Waals surface area contributed by atoms with Crippen molar-refractivity contribution < 1.29 is 14.3 Å². The van der Waals surface area contributed by atoms with Crippen LogP contribution in [0.5, 0.6) is 0 Å². The molecule has 0 saturated carbocycles. The van der Waals surface area contributed by atoms with E-state index in [9.17, 15) is 9.59 Å². The number of ketones is 1. The van der Waals surface area contributed by atoms with Crippen molar-refractivity contribution in [3.05, 3.63) is 23.4 Å². The van der Waals surface area contributed by atoms with Gasteiger partial charge in [0, 0.05) is 25.7 Å². The monoisotopic (exact) mass is 268 g/mol. The van der Waals surface area contributed by atoms with Gasteiger partial charge in [0.05, 0.1) is 12.1 Å². The number of esters is 1. The number of methoxy groups -OCH3 is 1. The van der Waals surface area contributed by atoms with Crippen LogP contribution in [0.3, 0.4) is 0 Å². The zero-order chi connectivity index (χ0) is 13.1. The van der Waals surface area contributed by atoms with Crippen LogP contribution in [0.4, 0.5) is 5.82 Å². The predicted molar refractivity (Wildman–Crippen MR) is 66.6 cm³/mol. The zero-order valence-corrected chi connectivity index (χ0v) is 10.7. The average Bonchev–Trinajstić information content (AvgIpc) is 2.39. The molecule has 1 atom stereocenters. The van der Waals surface area contributed by atoms with Gasteiger partial charge in [-0.05, 0) is 12.1 Å². The highest BCUT2D eigenvalue weighted by Gasteiger charge is 2.34. The Morgan fingerprint density at radius 1 is 1.61 bits per heavy atom. The predicted octanol–water partition coefficient (Wildman–Crippen LogP) is 1.30. The molecule has 0 aromatic carbocycles. The summed E-state index contributed by atoms with van der Waals surface area (Å²) in [5, 5.41) is 0.510. The number of carbonyl (C=O) groups excluding carboxylic acids is 2. The van der Waals surface area contributed by atoms with Gasteiger partial charge < -0.3 is 9.64 Å². The molecule has 2 rings (SSSR count). The SMILES string of the molecule is COC(=O)C1CN(c2ncccc2Cl)CCC1=O. The second-order valence-corrected chi connectivity index (χ2v) is 4.45. The molecule has 1 saturated heterocycles. The Hall–Kier alpha value is -1.62. The Kier molecular flexibility index (Phi) is 3.81. The Balaban J connectivity index is 2.20. The highest BCUT2D eigenvalue weighted by molar-refractivity contribution is 6.32. The summed E-state index contributed by atoms with van der Waals surface area (Å²) in [6.07, 6.45) is 1.93. The van der Waals surface area contributed by atoms with Crippen LogP contribution in [0.1, 0.15) is 6.42 Å². The Bertz CT molecular complexity index is 470. The lowest BCUT2D eigenvalue weighted by atomic mass is 9.96. The van der Waals surface area contributed by atoms with Crippen molar-refractivity contribution in [3.8, 4) is 0 Å². The highest BCUT2D eigenvalue weighted by atomic mass is 35.5. The molecule has 1 unspecified atom stereocenters. The van der Waals surface area contributed by atoms with E-state index in [2.05, 4.69) is 9.72 Å². The van der Waals surface area contributed by atoms with Crippen LogP contribution in [0, 0.1) is 5.92 Å². The fourth-order valence-corrected chi connectivity index (χ4v) is 2.22. The molecule has 18 heavy (non-hydrogen) atoms. The molecule has 0 amide bonds. The number of aromatic nitrogens is 1. The van der Waals surface area contributed by atoms with Gasteiger partial charge in [-0.25, -0.2) is 4.98 Å². The van der Waals surface area contributed by atoms with Crippen LogP contribution in [0.15, 0.2) is 18.3 Å². The minimum Gasteiger partial charge on any atom is -0.468 e. The zero-order valence-electron chi connectivity index (χ0n) is 9.93. The summed E-state index contributed by atoms with van der Waals surface area (Å²) >= 11 is 6.05. The van der Waals surface area contributed by atoms with E-state index in [0.29, 0.717) is 23.8 Å². The second kappa shape index (κ2) is 5.35. The summed E-state index contributed by atoms with van der Waals surface area (Å²) in [6.45, 7) is 0.783. The lowest BCUT2D eigenvalue weighted by Gasteiger charge is -2.31. The lowest BCUT2D eigenvalue weighted by Crippen LogP contribution is -2.45. The number of carbonyl (C=O) groups is 2. The van der Waals surface area contributed by atoms with E-state index in [0.717, 1.165) is 0 Å². The van der Waals surface area contributed by atoms with Crippen molar-refractivity contribution in [3.63, 3.8) is 0 Å². The maximum atomic E-state index is 11.7. The molecule has 2 heterocycles. The van der Waals surface area contributed by atoms with E-state index in [-0.39, 0.29) is 12.3 Å². The van der Waals surface area contributed by atoms with Crippen LogP contribution in [-0.2, 0) is 14.3 Å². The van der Waals surface area contributed by atoms with Gasteiger partial charge in [0.15, 0.2) is 5.78 Å². The van der Waals surface area contributed by atoms with Crippen LogP contribution < -0.4 is 4.90 Å². The molecular weight excluding hydrogens is 256 g/mol. The topological polar surface area (TPSA) is 59.5 Å². The van der Waals surface area contributed by atoms with E-state index in [1.165, 1.54) is 7.11 Å². The molecular formula is C12H13ClN2O3. The van der Waals surface area contributed by atoms with Gasteiger partial charge in [-0.3, -0.25) is 9.59 Å². The first kappa shape index (κ1) is 12.8. The molecule has 1 aliphatic rings. The van der Waals surface area contributed by atoms with E-state index in [4.69, 9.17) is 11.6 Å². The first-order valence-corrected chi connectivity index (χ1v) is 5.97. The fourth-order valence-electron chi connectivity index (χ4n) is 1.98. The van der Waals surface area contributed by atoms with Gasteiger partial charge >= 0.3 is 5.97 Å². The van der Waals surface area contributed by atoms with Crippen LogP contribution in [-0.4, -0.2) is 36.9 Å². The fraction of sp³-hybridized carbons (Fsp3) is 0.417. The summed E-state index contributed by atoms with van der Waals surface area (Å²) in [4.78, 5) is 29.2. The largest absolute Gasteiger partial charge is 0.468 e. The maximum absolute atomic E-state index is 11.7. The molecule has 1 fully saturated rings. The molecule has 6 heteroatoms. The normalized spacial score (nSPS) is 19.8. The van der Waals surface area contributed by atoms with Crippen molar-refractivity contribution in [2.75, 3.05) is 25.1 Å². The summed E-state index contributed by atoms with van der Waals surface area (Å²) in [7, 11) is 1.28. The smallest absolute Gasteiger partial charge is 0.318 e. The Morgan fingerprint density at radius 3 is 3.06 bits per heavy atom. The standard InChI is InChI=1S/C12H13ClN2O3/c1-18-12(17)8-7-15(6-4-10(8)16)11-9(13)3-2-5-14-11/h2-3,5,8H,4,6-7H2,1H3. The van der Waals surface area contributed by atoms with Crippen LogP contribution >= 0.6 is 11.6 Å². The molecule has 1 aromatic heterocycles. The first-order valence-electron chi connectivity index (χ1n) is 5.59. The summed E-state index contributed by atoms with van der Waals surface area (Å²) in [6, 6.07) is 3.46. The molecule has 96 valence electrons. The highest BCUT2D eigenvalue weighted by Crippen LogP contribution is 2.26. The maximum Gasteiger partial charge on any atom is 0.318 e. The number of ether oxygens (including phenoxy) is 1. The van der Waals surface area contributed by atoms with Gasteiger partial charge in [0.2, 0.25) is 0 Å². The summed E-state index contributed by atoms with van der Waals surface area (Å²) < 4.78 is 4.63.